The SMILES string of the molecule is O=C(Nc1nnc(S(=O)(=O)Nc2ccc(Br)cc2)s1)c1ccc(Cl)cc1. The number of carbonyl (C=O) groups is 1. The minimum absolute atomic E-state index is 0.0705. The van der Waals surface area contributed by atoms with Crippen molar-refractivity contribution in [2.24, 2.45) is 0 Å². The highest BCUT2D eigenvalue weighted by Crippen LogP contribution is 2.24. The van der Waals surface area contributed by atoms with Gasteiger partial charge in [0.1, 0.15) is 0 Å². The van der Waals surface area contributed by atoms with E-state index in [9.17, 15) is 13.2 Å². The molecule has 2 aromatic carbocycles. The maximum Gasteiger partial charge on any atom is 0.291 e. The molecule has 0 spiro atoms. The highest BCUT2D eigenvalue weighted by Gasteiger charge is 2.21. The summed E-state index contributed by atoms with van der Waals surface area (Å²) in [6.45, 7) is 0. The number of rotatable bonds is 5. The number of amides is 1. The summed E-state index contributed by atoms with van der Waals surface area (Å²) in [5.41, 5.74) is 0.747. The zero-order valence-corrected chi connectivity index (χ0v) is 16.8. The number of nitrogens with one attached hydrogen (secondary N) is 2. The van der Waals surface area contributed by atoms with Crippen LogP contribution in [0.25, 0.3) is 0 Å². The average Bonchev–Trinajstić information content (AvgIpc) is 3.07. The van der Waals surface area contributed by atoms with Crippen LogP contribution in [0.3, 0.4) is 0 Å². The molecule has 0 saturated carbocycles. The maximum atomic E-state index is 12.4. The van der Waals surface area contributed by atoms with E-state index in [0.29, 0.717) is 16.3 Å². The Labute approximate surface area is 166 Å². The fourth-order valence-electron chi connectivity index (χ4n) is 1.86. The summed E-state index contributed by atoms with van der Waals surface area (Å²) in [6.07, 6.45) is 0. The molecular weight excluding hydrogens is 464 g/mol. The standard InChI is InChI=1S/C15H10BrClN4O3S2/c16-10-3-7-12(8-4-10)21-26(23,24)15-20-19-14(25-15)18-13(22)9-1-5-11(17)6-2-9/h1-8,21H,(H,18,19,22). The molecule has 0 saturated heterocycles. The van der Waals surface area contributed by atoms with E-state index < -0.39 is 15.9 Å². The molecule has 0 bridgehead atoms. The molecule has 1 heterocycles. The van der Waals surface area contributed by atoms with E-state index in [4.69, 9.17) is 11.6 Å². The van der Waals surface area contributed by atoms with Crippen LogP contribution in [0.5, 0.6) is 0 Å². The lowest BCUT2D eigenvalue weighted by atomic mass is 10.2. The van der Waals surface area contributed by atoms with Gasteiger partial charge < -0.3 is 0 Å². The largest absolute Gasteiger partial charge is 0.296 e. The van der Waals surface area contributed by atoms with Crippen LogP contribution in [0.1, 0.15) is 10.4 Å². The van der Waals surface area contributed by atoms with E-state index in [1.54, 1.807) is 48.5 Å². The molecule has 26 heavy (non-hydrogen) atoms. The van der Waals surface area contributed by atoms with Gasteiger partial charge in [0, 0.05) is 20.7 Å². The third-order valence-corrected chi connectivity index (χ3v) is 6.43. The van der Waals surface area contributed by atoms with Crippen molar-refractivity contribution in [1.29, 1.82) is 0 Å². The number of anilines is 2. The molecule has 134 valence electrons. The molecule has 3 aromatic rings. The second kappa shape index (κ2) is 7.70. The molecule has 0 aliphatic carbocycles. The number of aromatic nitrogens is 2. The average molecular weight is 474 g/mol. The summed E-state index contributed by atoms with van der Waals surface area (Å²) in [7, 11) is -3.90. The molecule has 11 heteroatoms. The van der Waals surface area contributed by atoms with Crippen LogP contribution < -0.4 is 10.0 Å². The number of nitrogens with zero attached hydrogens (tertiary/aromatic N) is 2. The Morgan fingerprint density at radius 1 is 1.04 bits per heavy atom. The van der Waals surface area contributed by atoms with Crippen LogP contribution in [0.2, 0.25) is 5.02 Å². The van der Waals surface area contributed by atoms with Crippen LogP contribution in [-0.2, 0) is 10.0 Å². The van der Waals surface area contributed by atoms with E-state index in [1.165, 1.54) is 0 Å². The van der Waals surface area contributed by atoms with Gasteiger partial charge in [0.25, 0.3) is 20.3 Å². The van der Waals surface area contributed by atoms with E-state index >= 15 is 0 Å². The number of sulfonamides is 1. The predicted octanol–water partition coefficient (Wildman–Crippen LogP) is 4.01. The van der Waals surface area contributed by atoms with Gasteiger partial charge in [-0.1, -0.05) is 38.9 Å². The van der Waals surface area contributed by atoms with Gasteiger partial charge in [0.05, 0.1) is 0 Å². The van der Waals surface area contributed by atoms with Crippen molar-refractivity contribution >= 4 is 65.6 Å². The third kappa shape index (κ3) is 4.58. The molecule has 0 unspecified atom stereocenters. The highest BCUT2D eigenvalue weighted by atomic mass is 79.9. The minimum atomic E-state index is -3.90. The van der Waals surface area contributed by atoms with Crippen molar-refractivity contribution in [3.63, 3.8) is 0 Å². The summed E-state index contributed by atoms with van der Waals surface area (Å²) in [5, 5.41) is 10.4. The number of carbonyl (C=O) groups excluding carboxylic acids is 1. The summed E-state index contributed by atoms with van der Waals surface area (Å²) in [4.78, 5) is 12.1. The first kappa shape index (κ1) is 18.8. The summed E-state index contributed by atoms with van der Waals surface area (Å²) in [5.74, 6) is -0.442. The van der Waals surface area contributed by atoms with Gasteiger partial charge in [-0.15, -0.1) is 10.2 Å². The number of halogens is 2. The second-order valence-corrected chi connectivity index (χ2v) is 9.13. The fraction of sp³-hybridized carbons (Fsp3) is 0. The lowest BCUT2D eigenvalue weighted by Gasteiger charge is -2.04. The molecule has 0 aliphatic heterocycles. The highest BCUT2D eigenvalue weighted by molar-refractivity contribution is 9.10. The Hall–Kier alpha value is -2.01. The van der Waals surface area contributed by atoms with Crippen LogP contribution in [0.15, 0.2) is 57.3 Å². The van der Waals surface area contributed by atoms with Crippen LogP contribution in [0, 0.1) is 0 Å². The van der Waals surface area contributed by atoms with Crippen LogP contribution in [0.4, 0.5) is 10.8 Å². The Kier molecular flexibility index (Phi) is 5.56. The first-order valence-electron chi connectivity index (χ1n) is 7.02. The first-order chi connectivity index (χ1) is 12.3. The van der Waals surface area contributed by atoms with Gasteiger partial charge in [-0.25, -0.2) is 0 Å². The second-order valence-electron chi connectivity index (χ2n) is 4.95. The molecule has 0 aliphatic rings. The van der Waals surface area contributed by atoms with Gasteiger partial charge in [-0.3, -0.25) is 14.8 Å². The summed E-state index contributed by atoms with van der Waals surface area (Å²) in [6, 6.07) is 12.9. The summed E-state index contributed by atoms with van der Waals surface area (Å²) < 4.78 is 27.7. The Morgan fingerprint density at radius 3 is 2.35 bits per heavy atom. The van der Waals surface area contributed by atoms with Gasteiger partial charge in [0.15, 0.2) is 0 Å². The van der Waals surface area contributed by atoms with Gasteiger partial charge in [0.2, 0.25) is 5.13 Å². The number of benzene rings is 2. The molecule has 2 N–H and O–H groups in total. The minimum Gasteiger partial charge on any atom is -0.296 e. The van der Waals surface area contributed by atoms with Crippen LogP contribution >= 0.6 is 38.9 Å². The smallest absolute Gasteiger partial charge is 0.291 e. The lowest BCUT2D eigenvalue weighted by molar-refractivity contribution is 0.102. The van der Waals surface area contributed by atoms with Crippen molar-refractivity contribution in [3.8, 4) is 0 Å². The molecular formula is C15H10BrClN4O3S2. The quantitative estimate of drug-likeness (QED) is 0.545. The Morgan fingerprint density at radius 2 is 1.69 bits per heavy atom. The maximum absolute atomic E-state index is 12.4. The van der Waals surface area contributed by atoms with Crippen molar-refractivity contribution in [2.45, 2.75) is 4.34 Å². The Bertz CT molecular complexity index is 1040. The predicted molar refractivity (Wildman–Crippen MR) is 104 cm³/mol. The monoisotopic (exact) mass is 472 g/mol. The third-order valence-electron chi connectivity index (χ3n) is 3.06. The van der Waals surface area contributed by atoms with E-state index in [0.717, 1.165) is 15.8 Å². The fourth-order valence-corrected chi connectivity index (χ4v) is 4.20. The normalized spacial score (nSPS) is 11.2. The van der Waals surface area contributed by atoms with Crippen molar-refractivity contribution in [2.75, 3.05) is 10.0 Å². The summed E-state index contributed by atoms with van der Waals surface area (Å²) >= 11 is 9.80. The molecule has 3 rings (SSSR count). The molecule has 1 amide bonds. The topological polar surface area (TPSA) is 101 Å². The van der Waals surface area contributed by atoms with Crippen molar-refractivity contribution < 1.29 is 13.2 Å². The van der Waals surface area contributed by atoms with E-state index in [2.05, 4.69) is 36.2 Å². The zero-order valence-electron chi connectivity index (χ0n) is 12.8. The number of hydrogen-bond donors (Lipinski definition) is 2. The molecule has 7 nitrogen and oxygen atoms in total. The van der Waals surface area contributed by atoms with E-state index in [-0.39, 0.29) is 9.47 Å². The van der Waals surface area contributed by atoms with E-state index in [1.807, 2.05) is 0 Å². The van der Waals surface area contributed by atoms with Crippen molar-refractivity contribution in [3.05, 3.63) is 63.6 Å². The number of hydrogen-bond acceptors (Lipinski definition) is 6. The zero-order chi connectivity index (χ0) is 18.7. The molecule has 0 fully saturated rings. The molecule has 1 aromatic heterocycles. The first-order valence-corrected chi connectivity index (χ1v) is 10.5. The van der Waals surface area contributed by atoms with Gasteiger partial charge in [-0.2, -0.15) is 8.42 Å². The molecule has 0 radical (unpaired) electrons. The van der Waals surface area contributed by atoms with Gasteiger partial charge >= 0.3 is 0 Å². The molecule has 0 atom stereocenters. The van der Waals surface area contributed by atoms with Gasteiger partial charge in [-0.05, 0) is 48.5 Å². The van der Waals surface area contributed by atoms with Crippen molar-refractivity contribution in [1.82, 2.24) is 10.2 Å². The lowest BCUT2D eigenvalue weighted by Crippen LogP contribution is -2.12. The Balaban J connectivity index is 1.73. The van der Waals surface area contributed by atoms with Crippen LogP contribution in [-0.4, -0.2) is 24.5 Å².